The number of piperidine rings is 2. The van der Waals surface area contributed by atoms with Crippen LogP contribution in [0.1, 0.15) is 94.9 Å². The lowest BCUT2D eigenvalue weighted by Crippen LogP contribution is -2.57. The lowest BCUT2D eigenvalue weighted by atomic mass is 9.92. The van der Waals surface area contributed by atoms with Crippen LogP contribution in [0.4, 0.5) is 4.79 Å². The summed E-state index contributed by atoms with van der Waals surface area (Å²) in [6.07, 6.45) is 2.59. The van der Waals surface area contributed by atoms with Crippen molar-refractivity contribution in [1.29, 1.82) is 0 Å². The van der Waals surface area contributed by atoms with Gasteiger partial charge in [-0.2, -0.15) is 0 Å². The molecule has 1 N–H and O–H groups in total. The molecule has 16 nitrogen and oxygen atoms in total. The van der Waals surface area contributed by atoms with Gasteiger partial charge in [0.2, 0.25) is 0 Å². The number of carbonyl (C=O) groups excluding carboxylic acids is 3. The summed E-state index contributed by atoms with van der Waals surface area (Å²) in [5.74, 6) is 3.94. The molecule has 476 valence electrons. The van der Waals surface area contributed by atoms with Gasteiger partial charge in [-0.05, 0) is 144 Å². The van der Waals surface area contributed by atoms with Crippen LogP contribution in [0.5, 0.6) is 34.5 Å². The number of methoxy groups -OCH3 is 4. The van der Waals surface area contributed by atoms with E-state index in [-0.39, 0.29) is 60.2 Å². The third-order valence-corrected chi connectivity index (χ3v) is 15.1. The van der Waals surface area contributed by atoms with Crippen molar-refractivity contribution in [3.05, 3.63) is 157 Å². The SMILES string of the molecule is COCCCOc1cc(C(=O)N(C(C)C)[C@@H]2C[C@H](COc3cccc(-c4ccccc4)c3)CN(C(=O)OC(C)(C)C)C2)ccc1OC.COCCCOc1cc(C(=O)N(C(C)C)[C@H]2CNC[C@@H](COc3cccc(-c4ccccc4)c3)C2)ccc1OC.Cl. The normalized spacial score (nSPS) is 16.5. The van der Waals surface area contributed by atoms with Crippen LogP contribution in [-0.2, 0) is 14.2 Å². The van der Waals surface area contributed by atoms with Crippen LogP contribution in [-0.4, -0.2) is 157 Å². The summed E-state index contributed by atoms with van der Waals surface area (Å²) >= 11 is 0. The molecule has 6 aromatic rings. The molecule has 0 spiro atoms. The van der Waals surface area contributed by atoms with Gasteiger partial charge in [-0.3, -0.25) is 9.59 Å². The standard InChI is InChI=1S/C38H50N2O7.C33H42N2O5.ClH/c1-27(2)40(36(41)31-17-18-34(44-7)35(23-31)45-20-12-19-43-6)32-21-28(24-39(25-32)37(42)47-38(3,4)5)26-46-33-16-11-15-30(22-33)29-13-9-8-10-14-29;1-24(2)35(33(36)28-14-15-31(38-4)32(20-28)39-17-9-16-37-3)29-18-25(21-34-22-29)23-40-30-13-8-12-27(19-30)26-10-6-5-7-11-26;/h8-11,13-18,22-23,27-28,32H,12,19-21,24-26H2,1-7H3;5-8,10-15,19-20,24-25,29,34H,9,16-18,21-23H2,1-4H3;1H/t28-,32+;25-,29+;/m00./s1. The van der Waals surface area contributed by atoms with Gasteiger partial charge in [0, 0.05) is 108 Å². The molecule has 0 saturated carbocycles. The average molecular weight is 1230 g/mol. The molecule has 17 heteroatoms. The fraction of sp³-hybridized carbons (Fsp3) is 0.451. The molecule has 4 atom stereocenters. The Bertz CT molecular complexity index is 3090. The molecule has 6 aromatic carbocycles. The highest BCUT2D eigenvalue weighted by molar-refractivity contribution is 5.96. The number of likely N-dealkylation sites (tertiary alicyclic amines) is 1. The number of carbonyl (C=O) groups is 3. The number of nitrogens with zero attached hydrogens (tertiary/aromatic N) is 3. The van der Waals surface area contributed by atoms with Gasteiger partial charge in [-0.1, -0.05) is 84.9 Å². The second-order valence-electron chi connectivity index (χ2n) is 23.7. The first-order valence-electron chi connectivity index (χ1n) is 30.5. The van der Waals surface area contributed by atoms with Crippen LogP contribution in [0.2, 0.25) is 0 Å². The summed E-state index contributed by atoms with van der Waals surface area (Å²) in [5.41, 5.74) is 4.91. The van der Waals surface area contributed by atoms with Gasteiger partial charge in [0.25, 0.3) is 11.8 Å². The minimum Gasteiger partial charge on any atom is -0.493 e. The molecule has 2 aliphatic rings. The zero-order valence-electron chi connectivity index (χ0n) is 53.4. The van der Waals surface area contributed by atoms with E-state index in [1.807, 2.05) is 117 Å². The lowest BCUT2D eigenvalue weighted by molar-refractivity contribution is -0.00552. The van der Waals surface area contributed by atoms with E-state index in [9.17, 15) is 14.4 Å². The zero-order valence-corrected chi connectivity index (χ0v) is 54.2. The van der Waals surface area contributed by atoms with E-state index in [4.69, 9.17) is 42.6 Å². The summed E-state index contributed by atoms with van der Waals surface area (Å²) < 4.78 is 51.5. The van der Waals surface area contributed by atoms with E-state index in [1.54, 1.807) is 63.7 Å². The molecule has 0 radical (unpaired) electrons. The predicted octanol–water partition coefficient (Wildman–Crippen LogP) is 13.4. The fourth-order valence-electron chi connectivity index (χ4n) is 11.1. The highest BCUT2D eigenvalue weighted by Gasteiger charge is 2.39. The molecule has 8 rings (SSSR count). The molecule has 2 fully saturated rings. The van der Waals surface area contributed by atoms with Crippen molar-refractivity contribution in [2.24, 2.45) is 11.8 Å². The van der Waals surface area contributed by atoms with Crippen LogP contribution < -0.4 is 33.7 Å². The minimum absolute atomic E-state index is 0. The maximum Gasteiger partial charge on any atom is 0.410 e. The first-order valence-corrected chi connectivity index (χ1v) is 30.5. The second kappa shape index (κ2) is 34.9. The Kier molecular flexibility index (Phi) is 27.6. The van der Waals surface area contributed by atoms with Gasteiger partial charge in [-0.25, -0.2) is 4.79 Å². The van der Waals surface area contributed by atoms with Crippen molar-refractivity contribution in [3.8, 4) is 56.8 Å². The molecule has 2 saturated heterocycles. The first kappa shape index (κ1) is 69.6. The topological polar surface area (TPSA) is 156 Å². The quantitative estimate of drug-likeness (QED) is 0.0513. The van der Waals surface area contributed by atoms with Gasteiger partial charge >= 0.3 is 6.09 Å². The van der Waals surface area contributed by atoms with Crippen molar-refractivity contribution < 1.29 is 57.0 Å². The molecule has 3 amide bonds. The number of halogens is 1. The van der Waals surface area contributed by atoms with E-state index >= 15 is 0 Å². The smallest absolute Gasteiger partial charge is 0.410 e. The van der Waals surface area contributed by atoms with Crippen LogP contribution in [0.25, 0.3) is 22.3 Å². The number of hydrogen-bond donors (Lipinski definition) is 1. The van der Waals surface area contributed by atoms with E-state index in [2.05, 4.69) is 61.6 Å². The molecule has 2 aliphatic heterocycles. The number of benzene rings is 6. The Balaban J connectivity index is 0.000000281. The molecular formula is C71H93ClN4O12. The zero-order chi connectivity index (χ0) is 62.3. The van der Waals surface area contributed by atoms with Gasteiger partial charge in [0.1, 0.15) is 17.1 Å². The Morgan fingerprint density at radius 3 is 1.42 bits per heavy atom. The number of amides is 3. The summed E-state index contributed by atoms with van der Waals surface area (Å²) in [7, 11) is 6.50. The maximum atomic E-state index is 14.2. The largest absolute Gasteiger partial charge is 0.493 e. The summed E-state index contributed by atoms with van der Waals surface area (Å²) in [4.78, 5) is 47.0. The number of rotatable bonds is 26. The minimum atomic E-state index is -0.649. The Morgan fingerprint density at radius 2 is 0.966 bits per heavy atom. The van der Waals surface area contributed by atoms with Crippen molar-refractivity contribution in [1.82, 2.24) is 20.0 Å². The van der Waals surface area contributed by atoms with Crippen molar-refractivity contribution in [2.45, 2.75) is 104 Å². The van der Waals surface area contributed by atoms with E-state index in [0.717, 1.165) is 54.1 Å². The van der Waals surface area contributed by atoms with Crippen LogP contribution in [0, 0.1) is 11.8 Å². The van der Waals surface area contributed by atoms with Crippen molar-refractivity contribution in [2.75, 3.05) is 94.3 Å². The monoisotopic (exact) mass is 1230 g/mol. The van der Waals surface area contributed by atoms with Gasteiger partial charge in [0.05, 0.1) is 46.7 Å². The Morgan fingerprint density at radius 1 is 0.511 bits per heavy atom. The summed E-state index contributed by atoms with van der Waals surface area (Å²) in [5, 5.41) is 3.54. The van der Waals surface area contributed by atoms with Crippen molar-refractivity contribution in [3.63, 3.8) is 0 Å². The number of nitrogens with one attached hydrogen (secondary N) is 1. The number of ether oxygens (including phenoxy) is 9. The highest BCUT2D eigenvalue weighted by atomic mass is 35.5. The molecular weight excluding hydrogens is 1140 g/mol. The summed E-state index contributed by atoms with van der Waals surface area (Å²) in [6, 6.07) is 47.1. The first-order chi connectivity index (χ1) is 42.0. The highest BCUT2D eigenvalue weighted by Crippen LogP contribution is 2.34. The Labute approximate surface area is 528 Å². The van der Waals surface area contributed by atoms with E-state index in [1.165, 1.54) is 5.56 Å². The molecule has 2 heterocycles. The molecule has 0 aliphatic carbocycles. The van der Waals surface area contributed by atoms with E-state index in [0.29, 0.717) is 99.7 Å². The van der Waals surface area contributed by atoms with Crippen molar-refractivity contribution >= 4 is 30.3 Å². The maximum absolute atomic E-state index is 14.2. The Hall–Kier alpha value is -7.50. The van der Waals surface area contributed by atoms with Crippen LogP contribution in [0.15, 0.2) is 146 Å². The third-order valence-electron chi connectivity index (χ3n) is 15.1. The van der Waals surface area contributed by atoms with Gasteiger partial charge < -0.3 is 62.6 Å². The molecule has 0 bridgehead atoms. The summed E-state index contributed by atoms with van der Waals surface area (Å²) in [6.45, 7) is 19.2. The average Bonchev–Trinajstić information content (AvgIpc) is 3.72. The van der Waals surface area contributed by atoms with Crippen LogP contribution >= 0.6 is 12.4 Å². The molecule has 88 heavy (non-hydrogen) atoms. The molecule has 0 unspecified atom stereocenters. The van der Waals surface area contributed by atoms with E-state index < -0.39 is 11.7 Å². The second-order valence-corrected chi connectivity index (χ2v) is 23.7. The molecule has 0 aromatic heterocycles. The fourth-order valence-corrected chi connectivity index (χ4v) is 11.1. The predicted molar refractivity (Wildman–Crippen MR) is 349 cm³/mol. The van der Waals surface area contributed by atoms with Gasteiger partial charge in [-0.15, -0.1) is 12.4 Å². The van der Waals surface area contributed by atoms with Crippen LogP contribution in [0.3, 0.4) is 0 Å². The lowest BCUT2D eigenvalue weighted by Gasteiger charge is -2.44. The third kappa shape index (κ3) is 20.5. The number of hydrogen-bond acceptors (Lipinski definition) is 13. The van der Waals surface area contributed by atoms with Gasteiger partial charge in [0.15, 0.2) is 23.0 Å².